The monoisotopic (exact) mass is 432 g/mol. The summed E-state index contributed by atoms with van der Waals surface area (Å²) < 4.78 is 32.1. The van der Waals surface area contributed by atoms with Gasteiger partial charge in [-0.1, -0.05) is 35.9 Å². The first kappa shape index (κ1) is 21.1. The van der Waals surface area contributed by atoms with Crippen LogP contribution in [0.1, 0.15) is 10.9 Å². The number of sulfonamides is 1. The molecule has 0 radical (unpaired) electrons. The van der Waals surface area contributed by atoms with Crippen LogP contribution in [0.3, 0.4) is 0 Å². The third-order valence-electron chi connectivity index (χ3n) is 3.57. The predicted octanol–water partition coefficient (Wildman–Crippen LogP) is 3.05. The van der Waals surface area contributed by atoms with E-state index in [-0.39, 0.29) is 0 Å². The molecule has 1 N–H and O–H groups in total. The van der Waals surface area contributed by atoms with Crippen molar-refractivity contribution in [3.8, 4) is 0 Å². The molecule has 0 amide bonds. The zero-order valence-electron chi connectivity index (χ0n) is 13.8. The Kier molecular flexibility index (Phi) is 6.77. The number of ether oxygens (including phenoxy) is 1. The number of alkyl halides is 1. The van der Waals surface area contributed by atoms with E-state index in [2.05, 4.69) is 9.46 Å². The van der Waals surface area contributed by atoms with Crippen LogP contribution in [0.25, 0.3) is 0 Å². The van der Waals surface area contributed by atoms with Gasteiger partial charge in [-0.05, 0) is 23.8 Å². The van der Waals surface area contributed by atoms with Crippen LogP contribution in [0.5, 0.6) is 0 Å². The largest absolute Gasteiger partial charge is 0.468 e. The molecule has 0 spiro atoms. The fraction of sp³-hybridized carbons (Fsp3) is 0.188. The highest BCUT2D eigenvalue weighted by Crippen LogP contribution is 2.29. The molecule has 0 saturated heterocycles. The first-order valence-electron chi connectivity index (χ1n) is 7.40. The molecule has 0 fully saturated rings. The molecule has 2 aromatic rings. The summed E-state index contributed by atoms with van der Waals surface area (Å²) in [5, 5.41) is 10.4. The number of nitro benzene ring substituents is 1. The molecule has 8 nitrogen and oxygen atoms in total. The van der Waals surface area contributed by atoms with Crippen molar-refractivity contribution < 1.29 is 22.9 Å². The number of nitro groups is 1. The molecule has 0 saturated carbocycles. The number of hydrogen-bond acceptors (Lipinski definition) is 6. The normalized spacial score (nSPS) is 13.6. The van der Waals surface area contributed by atoms with Gasteiger partial charge in [0.2, 0.25) is 10.0 Å². The Morgan fingerprint density at radius 1 is 1.19 bits per heavy atom. The van der Waals surface area contributed by atoms with Crippen molar-refractivity contribution in [2.24, 2.45) is 0 Å². The predicted molar refractivity (Wildman–Crippen MR) is 99.3 cm³/mol. The van der Waals surface area contributed by atoms with Crippen molar-refractivity contribution in [1.82, 2.24) is 4.72 Å². The quantitative estimate of drug-likeness (QED) is 0.311. The van der Waals surface area contributed by atoms with Gasteiger partial charge in [0.25, 0.3) is 5.69 Å². The van der Waals surface area contributed by atoms with Crippen molar-refractivity contribution in [3.63, 3.8) is 0 Å². The van der Waals surface area contributed by atoms with Crippen molar-refractivity contribution in [3.05, 3.63) is 69.2 Å². The lowest BCUT2D eigenvalue weighted by molar-refractivity contribution is -0.387. The van der Waals surface area contributed by atoms with E-state index in [1.165, 1.54) is 36.4 Å². The fourth-order valence-corrected chi connectivity index (χ4v) is 4.14. The van der Waals surface area contributed by atoms with Crippen LogP contribution in [0, 0.1) is 10.1 Å². The Bertz CT molecular complexity index is 950. The highest BCUT2D eigenvalue weighted by atomic mass is 35.5. The van der Waals surface area contributed by atoms with Crippen molar-refractivity contribution in [2.75, 3.05) is 7.11 Å². The summed E-state index contributed by atoms with van der Waals surface area (Å²) in [5.41, 5.74) is -0.229. The van der Waals surface area contributed by atoms with E-state index in [0.29, 0.717) is 10.6 Å². The summed E-state index contributed by atoms with van der Waals surface area (Å²) in [7, 11) is -3.38. The minimum atomic E-state index is -4.45. The molecular formula is C16H14Cl2N2O6S. The van der Waals surface area contributed by atoms with Crippen molar-refractivity contribution in [1.29, 1.82) is 0 Å². The van der Waals surface area contributed by atoms with E-state index < -0.39 is 42.9 Å². The Hall–Kier alpha value is -2.20. The van der Waals surface area contributed by atoms with Crippen LogP contribution < -0.4 is 4.72 Å². The Balaban J connectivity index is 2.42. The molecule has 11 heteroatoms. The van der Waals surface area contributed by atoms with Gasteiger partial charge in [0, 0.05) is 11.1 Å². The molecule has 0 heterocycles. The van der Waals surface area contributed by atoms with Gasteiger partial charge in [-0.2, -0.15) is 4.72 Å². The standard InChI is InChI=1S/C16H14Cl2N2O6S/c1-26-16(21)15(14(18)10-6-8-11(17)9-7-10)19-27(24,25)13-5-3-2-4-12(13)20(22)23/h2-9,14-15,19H,1H3/t14-,15-/m0/s1. The minimum Gasteiger partial charge on any atom is -0.468 e. The van der Waals surface area contributed by atoms with Gasteiger partial charge in [-0.3, -0.25) is 14.9 Å². The summed E-state index contributed by atoms with van der Waals surface area (Å²) in [4.78, 5) is 21.8. The number of carbonyl (C=O) groups excluding carboxylic acids is 1. The summed E-state index contributed by atoms with van der Waals surface area (Å²) in [6.45, 7) is 0. The average Bonchev–Trinajstić information content (AvgIpc) is 2.65. The molecule has 27 heavy (non-hydrogen) atoms. The van der Waals surface area contributed by atoms with Gasteiger partial charge in [0.05, 0.1) is 17.4 Å². The third-order valence-corrected chi connectivity index (χ3v) is 5.81. The molecule has 2 aromatic carbocycles. The molecule has 0 unspecified atom stereocenters. The number of halogens is 2. The van der Waals surface area contributed by atoms with Gasteiger partial charge in [0.1, 0.15) is 6.04 Å². The summed E-state index contributed by atoms with van der Waals surface area (Å²) in [6, 6.07) is 9.32. The SMILES string of the molecule is COC(=O)[C@@H](NS(=O)(=O)c1ccccc1[N+](=O)[O-])[C@@H](Cl)c1ccc(Cl)cc1. The van der Waals surface area contributed by atoms with E-state index in [0.717, 1.165) is 19.2 Å². The molecule has 2 atom stereocenters. The van der Waals surface area contributed by atoms with Crippen LogP contribution in [0.15, 0.2) is 53.4 Å². The van der Waals surface area contributed by atoms with E-state index in [4.69, 9.17) is 23.2 Å². The second-order valence-corrected chi connectivity index (χ2v) is 7.89. The molecule has 0 bridgehead atoms. The Labute approximate surface area is 165 Å². The van der Waals surface area contributed by atoms with Crippen LogP contribution >= 0.6 is 23.2 Å². The second-order valence-electron chi connectivity index (χ2n) is 5.30. The van der Waals surface area contributed by atoms with Crippen molar-refractivity contribution >= 4 is 44.9 Å². The van der Waals surface area contributed by atoms with Crippen LogP contribution in [-0.2, 0) is 19.6 Å². The number of nitrogens with one attached hydrogen (secondary N) is 1. The van der Waals surface area contributed by atoms with Gasteiger partial charge in [0.15, 0.2) is 4.90 Å². The first-order chi connectivity index (χ1) is 12.7. The summed E-state index contributed by atoms with van der Waals surface area (Å²) in [5.74, 6) is -0.952. The maximum Gasteiger partial charge on any atom is 0.325 e. The molecular weight excluding hydrogens is 419 g/mol. The number of benzene rings is 2. The third kappa shape index (κ3) is 4.95. The smallest absolute Gasteiger partial charge is 0.325 e. The number of methoxy groups -OCH3 is 1. The number of esters is 1. The lowest BCUT2D eigenvalue weighted by Crippen LogP contribution is -2.44. The molecule has 144 valence electrons. The highest BCUT2D eigenvalue weighted by molar-refractivity contribution is 7.89. The zero-order valence-corrected chi connectivity index (χ0v) is 16.2. The first-order valence-corrected chi connectivity index (χ1v) is 9.70. The molecule has 0 aliphatic rings. The molecule has 2 rings (SSSR count). The molecule has 0 aliphatic carbocycles. The molecule has 0 aromatic heterocycles. The van der Waals surface area contributed by atoms with E-state index >= 15 is 0 Å². The second kappa shape index (κ2) is 8.66. The Morgan fingerprint density at radius 3 is 2.33 bits per heavy atom. The minimum absolute atomic E-state index is 0.404. The van der Waals surface area contributed by atoms with Gasteiger partial charge in [-0.25, -0.2) is 8.42 Å². The van der Waals surface area contributed by atoms with E-state index in [1.54, 1.807) is 0 Å². The maximum atomic E-state index is 12.7. The van der Waals surface area contributed by atoms with E-state index in [9.17, 15) is 23.3 Å². The number of carbonyl (C=O) groups is 1. The average molecular weight is 433 g/mol. The van der Waals surface area contributed by atoms with Crippen LogP contribution in [0.4, 0.5) is 5.69 Å². The Morgan fingerprint density at radius 2 is 1.78 bits per heavy atom. The van der Waals surface area contributed by atoms with Crippen LogP contribution in [-0.4, -0.2) is 32.5 Å². The fourth-order valence-electron chi connectivity index (χ4n) is 2.26. The summed E-state index contributed by atoms with van der Waals surface area (Å²) >= 11 is 12.1. The number of para-hydroxylation sites is 1. The highest BCUT2D eigenvalue weighted by Gasteiger charge is 2.36. The number of nitrogens with zero attached hydrogens (tertiary/aromatic N) is 1. The van der Waals surface area contributed by atoms with E-state index in [1.807, 2.05) is 0 Å². The maximum absolute atomic E-state index is 12.7. The topological polar surface area (TPSA) is 116 Å². The number of hydrogen-bond donors (Lipinski definition) is 1. The number of rotatable bonds is 7. The van der Waals surface area contributed by atoms with Gasteiger partial charge >= 0.3 is 5.97 Å². The lowest BCUT2D eigenvalue weighted by Gasteiger charge is -2.21. The lowest BCUT2D eigenvalue weighted by atomic mass is 10.1. The van der Waals surface area contributed by atoms with Gasteiger partial charge < -0.3 is 4.74 Å². The van der Waals surface area contributed by atoms with Crippen molar-refractivity contribution in [2.45, 2.75) is 16.3 Å². The zero-order chi connectivity index (χ0) is 20.2. The van der Waals surface area contributed by atoms with Crippen LogP contribution in [0.2, 0.25) is 5.02 Å². The molecule has 0 aliphatic heterocycles. The summed E-state index contributed by atoms with van der Waals surface area (Å²) in [6.07, 6.45) is 0. The van der Waals surface area contributed by atoms with Gasteiger partial charge in [-0.15, -0.1) is 11.6 Å².